The first kappa shape index (κ1) is 11.7. The Kier molecular flexibility index (Phi) is 2.94. The summed E-state index contributed by atoms with van der Waals surface area (Å²) in [4.78, 5) is 0. The summed E-state index contributed by atoms with van der Waals surface area (Å²) in [6.07, 6.45) is -0.345. The van der Waals surface area contributed by atoms with Crippen LogP contribution in [0, 0.1) is 11.3 Å². The van der Waals surface area contributed by atoms with Crippen molar-refractivity contribution in [3.05, 3.63) is 23.8 Å². The zero-order chi connectivity index (χ0) is 12.5. The summed E-state index contributed by atoms with van der Waals surface area (Å²) in [5.41, 5.74) is 0.447. The first-order valence-corrected chi connectivity index (χ1v) is 6.81. The summed E-state index contributed by atoms with van der Waals surface area (Å²) in [6, 6.07) is 6.78. The van der Waals surface area contributed by atoms with Crippen molar-refractivity contribution >= 4 is 9.84 Å². The largest absolute Gasteiger partial charge is 0.493 e. The van der Waals surface area contributed by atoms with Gasteiger partial charge in [-0.2, -0.15) is 5.26 Å². The van der Waals surface area contributed by atoms with Gasteiger partial charge in [-0.3, -0.25) is 0 Å². The van der Waals surface area contributed by atoms with E-state index >= 15 is 0 Å². The normalized spacial score (nSPS) is 17.9. The summed E-state index contributed by atoms with van der Waals surface area (Å²) in [7, 11) is -1.43. The number of sulfone groups is 1. The standard InChI is InChI=1S/C11H11NO4S/c1-15-10-3-2-8(5-12)4-11(10)16-9-6-17(13,14)7-9/h2-4,9H,6-7H2,1H3. The first-order chi connectivity index (χ1) is 8.04. The van der Waals surface area contributed by atoms with Crippen LogP contribution in [0.4, 0.5) is 0 Å². The van der Waals surface area contributed by atoms with Gasteiger partial charge in [0.2, 0.25) is 0 Å². The molecule has 1 fully saturated rings. The van der Waals surface area contributed by atoms with Crippen molar-refractivity contribution < 1.29 is 17.9 Å². The maximum absolute atomic E-state index is 11.0. The fraction of sp³-hybridized carbons (Fsp3) is 0.364. The molecule has 1 aromatic rings. The van der Waals surface area contributed by atoms with Gasteiger partial charge >= 0.3 is 0 Å². The molecule has 1 aliphatic rings. The predicted molar refractivity (Wildman–Crippen MR) is 60.8 cm³/mol. The molecule has 5 nitrogen and oxygen atoms in total. The Morgan fingerprint density at radius 2 is 2.06 bits per heavy atom. The van der Waals surface area contributed by atoms with E-state index in [2.05, 4.69) is 0 Å². The van der Waals surface area contributed by atoms with Crippen molar-refractivity contribution in [1.29, 1.82) is 5.26 Å². The van der Waals surface area contributed by atoms with Crippen LogP contribution in [-0.2, 0) is 9.84 Å². The molecule has 17 heavy (non-hydrogen) atoms. The number of nitrogens with zero attached hydrogens (tertiary/aromatic N) is 1. The number of benzene rings is 1. The molecule has 0 aliphatic carbocycles. The van der Waals surface area contributed by atoms with Crippen LogP contribution in [0.3, 0.4) is 0 Å². The third-order valence-corrected chi connectivity index (χ3v) is 4.23. The number of rotatable bonds is 3. The molecule has 0 amide bonds. The van der Waals surface area contributed by atoms with Gasteiger partial charge in [0.1, 0.15) is 6.10 Å². The van der Waals surface area contributed by atoms with Crippen LogP contribution in [0.15, 0.2) is 18.2 Å². The molecule has 0 N–H and O–H groups in total. The molecule has 6 heteroatoms. The lowest BCUT2D eigenvalue weighted by molar-refractivity contribution is 0.219. The van der Waals surface area contributed by atoms with Gasteiger partial charge in [-0.05, 0) is 12.1 Å². The molecule has 0 unspecified atom stereocenters. The SMILES string of the molecule is COc1ccc(C#N)cc1OC1CS(=O)(=O)C1. The lowest BCUT2D eigenvalue weighted by Gasteiger charge is -2.27. The van der Waals surface area contributed by atoms with Crippen LogP contribution in [0.25, 0.3) is 0 Å². The zero-order valence-electron chi connectivity index (χ0n) is 9.21. The minimum atomic E-state index is -2.92. The van der Waals surface area contributed by atoms with Crippen LogP contribution in [0.5, 0.6) is 11.5 Å². The lowest BCUT2D eigenvalue weighted by atomic mass is 10.2. The zero-order valence-corrected chi connectivity index (χ0v) is 10.0. The van der Waals surface area contributed by atoms with E-state index in [9.17, 15) is 8.42 Å². The molecular formula is C11H11NO4S. The fourth-order valence-electron chi connectivity index (χ4n) is 1.60. The van der Waals surface area contributed by atoms with E-state index < -0.39 is 9.84 Å². The molecule has 0 radical (unpaired) electrons. The van der Waals surface area contributed by atoms with Crippen LogP contribution >= 0.6 is 0 Å². The van der Waals surface area contributed by atoms with Gasteiger partial charge in [0.05, 0.1) is 30.2 Å². The van der Waals surface area contributed by atoms with Gasteiger partial charge in [0.15, 0.2) is 21.3 Å². The smallest absolute Gasteiger partial charge is 0.162 e. The van der Waals surface area contributed by atoms with E-state index in [1.165, 1.54) is 7.11 Å². The van der Waals surface area contributed by atoms with Gasteiger partial charge < -0.3 is 9.47 Å². The van der Waals surface area contributed by atoms with Gasteiger partial charge in [0, 0.05) is 6.07 Å². The van der Waals surface area contributed by atoms with Crippen LogP contribution in [-0.4, -0.2) is 33.1 Å². The fourth-order valence-corrected chi connectivity index (χ4v) is 2.77. The predicted octanol–water partition coefficient (Wildman–Crippen LogP) is 0.743. The number of hydrogen-bond donors (Lipinski definition) is 0. The Morgan fingerprint density at radius 3 is 2.59 bits per heavy atom. The summed E-state index contributed by atoms with van der Waals surface area (Å²) in [5.74, 6) is 0.944. The Hall–Kier alpha value is -1.74. The maximum Gasteiger partial charge on any atom is 0.162 e. The van der Waals surface area contributed by atoms with Crippen molar-refractivity contribution in [2.75, 3.05) is 18.6 Å². The molecule has 1 aromatic carbocycles. The van der Waals surface area contributed by atoms with Crippen LogP contribution < -0.4 is 9.47 Å². The minimum Gasteiger partial charge on any atom is -0.493 e. The monoisotopic (exact) mass is 253 g/mol. The third kappa shape index (κ3) is 2.50. The van der Waals surface area contributed by atoms with E-state index in [1.807, 2.05) is 6.07 Å². The van der Waals surface area contributed by atoms with Crippen molar-refractivity contribution in [2.24, 2.45) is 0 Å². The highest BCUT2D eigenvalue weighted by atomic mass is 32.2. The Balaban J connectivity index is 2.17. The van der Waals surface area contributed by atoms with E-state index in [4.69, 9.17) is 14.7 Å². The summed E-state index contributed by atoms with van der Waals surface area (Å²) in [5, 5.41) is 8.77. The third-order valence-electron chi connectivity index (χ3n) is 2.47. The molecule has 0 spiro atoms. The molecule has 1 aliphatic heterocycles. The van der Waals surface area contributed by atoms with Gasteiger partial charge in [-0.25, -0.2) is 8.42 Å². The van der Waals surface area contributed by atoms with E-state index in [0.29, 0.717) is 17.1 Å². The Morgan fingerprint density at radius 1 is 1.35 bits per heavy atom. The van der Waals surface area contributed by atoms with Crippen molar-refractivity contribution in [2.45, 2.75) is 6.10 Å². The highest BCUT2D eigenvalue weighted by Crippen LogP contribution is 2.30. The number of methoxy groups -OCH3 is 1. The summed E-state index contributed by atoms with van der Waals surface area (Å²) >= 11 is 0. The molecule has 2 rings (SSSR count). The highest BCUT2D eigenvalue weighted by molar-refractivity contribution is 7.92. The van der Waals surface area contributed by atoms with Crippen LogP contribution in [0.1, 0.15) is 5.56 Å². The van der Waals surface area contributed by atoms with Gasteiger partial charge in [0.25, 0.3) is 0 Å². The van der Waals surface area contributed by atoms with E-state index in [-0.39, 0.29) is 17.6 Å². The second kappa shape index (κ2) is 4.26. The average molecular weight is 253 g/mol. The molecule has 0 aromatic heterocycles. The summed E-state index contributed by atoms with van der Waals surface area (Å²) in [6.45, 7) is 0. The molecule has 0 saturated carbocycles. The van der Waals surface area contributed by atoms with Gasteiger partial charge in [-0.1, -0.05) is 0 Å². The number of nitriles is 1. The molecule has 90 valence electrons. The topological polar surface area (TPSA) is 76.4 Å². The number of hydrogen-bond acceptors (Lipinski definition) is 5. The van der Waals surface area contributed by atoms with Crippen molar-refractivity contribution in [3.8, 4) is 17.6 Å². The minimum absolute atomic E-state index is 0.0208. The number of ether oxygens (including phenoxy) is 2. The highest BCUT2D eigenvalue weighted by Gasteiger charge is 2.35. The first-order valence-electron chi connectivity index (χ1n) is 4.99. The Bertz CT molecular complexity index is 562. The van der Waals surface area contributed by atoms with Gasteiger partial charge in [-0.15, -0.1) is 0 Å². The molecule has 0 atom stereocenters. The van der Waals surface area contributed by atoms with E-state index in [1.54, 1.807) is 18.2 Å². The maximum atomic E-state index is 11.0. The molecule has 1 saturated heterocycles. The average Bonchev–Trinajstić information content (AvgIpc) is 2.26. The Labute approximate surface area is 99.5 Å². The molecule has 1 heterocycles. The summed E-state index contributed by atoms with van der Waals surface area (Å²) < 4.78 is 32.6. The lowest BCUT2D eigenvalue weighted by Crippen LogP contribution is -2.45. The van der Waals surface area contributed by atoms with Crippen molar-refractivity contribution in [3.63, 3.8) is 0 Å². The van der Waals surface area contributed by atoms with Crippen LogP contribution in [0.2, 0.25) is 0 Å². The second-order valence-corrected chi connectivity index (χ2v) is 5.95. The second-order valence-electron chi connectivity index (χ2n) is 3.79. The quantitative estimate of drug-likeness (QED) is 0.794. The van der Waals surface area contributed by atoms with E-state index in [0.717, 1.165) is 0 Å². The molecule has 0 bridgehead atoms. The van der Waals surface area contributed by atoms with Crippen molar-refractivity contribution in [1.82, 2.24) is 0 Å². The molecular weight excluding hydrogens is 242 g/mol.